The standard InChI is InChI=1S/C25H40N2O/c1-19(2)17-21-9-8-10-23(18-21)26-25(13-6-5-7-14-25)24(28)27-15-11-22(12-16-27)20(3)4/h8-10,18-20,22,26H,5-7,11-17H2,1-4H3. The number of hydrogen-bond donors (Lipinski definition) is 1. The van der Waals surface area contributed by atoms with Gasteiger partial charge in [0.25, 0.3) is 0 Å². The molecular formula is C25H40N2O. The third kappa shape index (κ3) is 5.10. The largest absolute Gasteiger partial charge is 0.371 e. The first-order valence-electron chi connectivity index (χ1n) is 11.6. The summed E-state index contributed by atoms with van der Waals surface area (Å²) >= 11 is 0. The van der Waals surface area contributed by atoms with Crippen LogP contribution in [0.15, 0.2) is 24.3 Å². The summed E-state index contributed by atoms with van der Waals surface area (Å²) in [4.78, 5) is 15.8. The zero-order valence-electron chi connectivity index (χ0n) is 18.5. The highest BCUT2D eigenvalue weighted by Crippen LogP contribution is 2.35. The van der Waals surface area contributed by atoms with E-state index in [4.69, 9.17) is 0 Å². The predicted octanol–water partition coefficient (Wildman–Crippen LogP) is 5.89. The topological polar surface area (TPSA) is 32.3 Å². The van der Waals surface area contributed by atoms with Crippen LogP contribution in [0.5, 0.6) is 0 Å². The molecule has 1 N–H and O–H groups in total. The first-order valence-corrected chi connectivity index (χ1v) is 11.6. The van der Waals surface area contributed by atoms with Crippen LogP contribution >= 0.6 is 0 Å². The van der Waals surface area contributed by atoms with Crippen molar-refractivity contribution in [3.63, 3.8) is 0 Å². The van der Waals surface area contributed by atoms with Crippen LogP contribution in [-0.2, 0) is 11.2 Å². The highest BCUT2D eigenvalue weighted by atomic mass is 16.2. The monoisotopic (exact) mass is 384 g/mol. The van der Waals surface area contributed by atoms with Crippen LogP contribution in [0.2, 0.25) is 0 Å². The molecule has 1 aliphatic heterocycles. The van der Waals surface area contributed by atoms with Gasteiger partial charge in [-0.25, -0.2) is 0 Å². The third-order valence-electron chi connectivity index (χ3n) is 6.84. The van der Waals surface area contributed by atoms with Crippen molar-refractivity contribution in [2.75, 3.05) is 18.4 Å². The fraction of sp³-hybridized carbons (Fsp3) is 0.720. The van der Waals surface area contributed by atoms with Crippen LogP contribution in [0.1, 0.15) is 78.2 Å². The van der Waals surface area contributed by atoms with Gasteiger partial charge in [0, 0.05) is 18.8 Å². The molecule has 28 heavy (non-hydrogen) atoms. The number of likely N-dealkylation sites (tertiary alicyclic amines) is 1. The Morgan fingerprint density at radius 1 is 1.11 bits per heavy atom. The maximum atomic E-state index is 13.7. The maximum Gasteiger partial charge on any atom is 0.248 e. The highest BCUT2D eigenvalue weighted by molar-refractivity contribution is 5.89. The van der Waals surface area contributed by atoms with Crippen molar-refractivity contribution in [1.82, 2.24) is 4.90 Å². The lowest BCUT2D eigenvalue weighted by molar-refractivity contribution is -0.138. The van der Waals surface area contributed by atoms with Crippen molar-refractivity contribution in [2.45, 2.75) is 84.6 Å². The van der Waals surface area contributed by atoms with Crippen molar-refractivity contribution >= 4 is 11.6 Å². The van der Waals surface area contributed by atoms with Gasteiger partial charge in [-0.15, -0.1) is 0 Å². The molecular weight excluding hydrogens is 344 g/mol. The van der Waals surface area contributed by atoms with Gasteiger partial charge in [-0.1, -0.05) is 59.1 Å². The lowest BCUT2D eigenvalue weighted by Gasteiger charge is -2.43. The number of nitrogens with one attached hydrogen (secondary N) is 1. The predicted molar refractivity (Wildman–Crippen MR) is 119 cm³/mol. The number of amides is 1. The van der Waals surface area contributed by atoms with Crippen LogP contribution in [0, 0.1) is 17.8 Å². The molecule has 1 amide bonds. The Morgan fingerprint density at radius 2 is 1.79 bits per heavy atom. The number of carbonyl (C=O) groups excluding carboxylic acids is 1. The van der Waals surface area contributed by atoms with Gasteiger partial charge in [0.05, 0.1) is 0 Å². The van der Waals surface area contributed by atoms with Crippen LogP contribution < -0.4 is 5.32 Å². The van der Waals surface area contributed by atoms with Crippen molar-refractivity contribution in [1.29, 1.82) is 0 Å². The summed E-state index contributed by atoms with van der Waals surface area (Å²) in [6, 6.07) is 8.74. The van der Waals surface area contributed by atoms with Crippen molar-refractivity contribution in [2.24, 2.45) is 17.8 Å². The molecule has 1 aromatic rings. The number of hydrogen-bond acceptors (Lipinski definition) is 2. The Labute approximate surface area is 172 Å². The lowest BCUT2D eigenvalue weighted by atomic mass is 9.79. The van der Waals surface area contributed by atoms with Crippen LogP contribution in [0.3, 0.4) is 0 Å². The molecule has 3 rings (SSSR count). The van der Waals surface area contributed by atoms with Crippen LogP contribution in [0.4, 0.5) is 5.69 Å². The van der Waals surface area contributed by atoms with Gasteiger partial charge >= 0.3 is 0 Å². The Kier molecular flexibility index (Phi) is 7.06. The van der Waals surface area contributed by atoms with Gasteiger partial charge in [0.1, 0.15) is 5.54 Å². The second-order valence-electron chi connectivity index (χ2n) is 9.94. The molecule has 2 aliphatic rings. The minimum Gasteiger partial charge on any atom is -0.371 e. The molecule has 0 atom stereocenters. The summed E-state index contributed by atoms with van der Waals surface area (Å²) in [6.45, 7) is 11.0. The third-order valence-corrected chi connectivity index (χ3v) is 6.84. The molecule has 0 spiro atoms. The summed E-state index contributed by atoms with van der Waals surface area (Å²) in [6.07, 6.45) is 8.86. The SMILES string of the molecule is CC(C)Cc1cccc(NC2(C(=O)N3CCC(C(C)C)CC3)CCCCC2)c1. The number of anilines is 1. The van der Waals surface area contributed by atoms with E-state index in [1.807, 2.05) is 0 Å². The van der Waals surface area contributed by atoms with Crippen molar-refractivity contribution in [3.8, 4) is 0 Å². The van der Waals surface area contributed by atoms with E-state index in [1.54, 1.807) is 0 Å². The van der Waals surface area contributed by atoms with E-state index in [1.165, 1.54) is 12.0 Å². The van der Waals surface area contributed by atoms with Crippen LogP contribution in [-0.4, -0.2) is 29.4 Å². The number of nitrogens with zero attached hydrogens (tertiary/aromatic N) is 1. The Morgan fingerprint density at radius 3 is 2.39 bits per heavy atom. The van der Waals surface area contributed by atoms with Gasteiger partial charge in [-0.2, -0.15) is 0 Å². The van der Waals surface area contributed by atoms with Crippen molar-refractivity contribution in [3.05, 3.63) is 29.8 Å². The second kappa shape index (κ2) is 9.33. The number of rotatable bonds is 6. The van der Waals surface area contributed by atoms with Gasteiger partial charge in [0.15, 0.2) is 0 Å². The molecule has 1 saturated carbocycles. The van der Waals surface area contributed by atoms with Gasteiger partial charge in [0.2, 0.25) is 5.91 Å². The molecule has 1 aromatic carbocycles. The average molecular weight is 385 g/mol. The molecule has 0 aromatic heterocycles. The molecule has 0 bridgehead atoms. The molecule has 1 heterocycles. The second-order valence-corrected chi connectivity index (χ2v) is 9.94. The minimum atomic E-state index is -0.403. The Balaban J connectivity index is 1.75. The fourth-order valence-electron chi connectivity index (χ4n) is 5.14. The first kappa shape index (κ1) is 21.2. The highest BCUT2D eigenvalue weighted by Gasteiger charge is 2.43. The molecule has 0 radical (unpaired) electrons. The van der Waals surface area contributed by atoms with E-state index in [0.29, 0.717) is 11.8 Å². The van der Waals surface area contributed by atoms with E-state index < -0.39 is 5.54 Å². The van der Waals surface area contributed by atoms with E-state index in [-0.39, 0.29) is 0 Å². The smallest absolute Gasteiger partial charge is 0.248 e. The minimum absolute atomic E-state index is 0.351. The maximum absolute atomic E-state index is 13.7. The summed E-state index contributed by atoms with van der Waals surface area (Å²) < 4.78 is 0. The number of benzene rings is 1. The number of piperidine rings is 1. The molecule has 3 nitrogen and oxygen atoms in total. The molecule has 1 saturated heterocycles. The normalized spacial score (nSPS) is 20.6. The Bertz CT molecular complexity index is 638. The first-order chi connectivity index (χ1) is 13.4. The quantitative estimate of drug-likeness (QED) is 0.663. The van der Waals surface area contributed by atoms with Crippen LogP contribution in [0.25, 0.3) is 0 Å². The number of carbonyl (C=O) groups is 1. The summed E-state index contributed by atoms with van der Waals surface area (Å²) in [7, 11) is 0. The van der Waals surface area contributed by atoms with Gasteiger partial charge < -0.3 is 10.2 Å². The molecule has 3 heteroatoms. The molecule has 1 aliphatic carbocycles. The van der Waals surface area contributed by atoms with Gasteiger partial charge in [-0.05, 0) is 67.6 Å². The van der Waals surface area contributed by atoms with E-state index >= 15 is 0 Å². The van der Waals surface area contributed by atoms with E-state index in [2.05, 4.69) is 62.2 Å². The fourth-order valence-corrected chi connectivity index (χ4v) is 5.14. The molecule has 156 valence electrons. The molecule has 2 fully saturated rings. The van der Waals surface area contributed by atoms with E-state index in [0.717, 1.165) is 75.6 Å². The summed E-state index contributed by atoms with van der Waals surface area (Å²) in [5.41, 5.74) is 2.07. The van der Waals surface area contributed by atoms with Crippen molar-refractivity contribution < 1.29 is 4.79 Å². The summed E-state index contributed by atoms with van der Waals surface area (Å²) in [5, 5.41) is 3.75. The zero-order chi connectivity index (χ0) is 20.1. The lowest BCUT2D eigenvalue weighted by Crippen LogP contribution is -2.56. The molecule has 0 unspecified atom stereocenters. The summed E-state index contributed by atoms with van der Waals surface area (Å²) in [5.74, 6) is 2.49. The zero-order valence-corrected chi connectivity index (χ0v) is 18.5. The average Bonchev–Trinajstić information content (AvgIpc) is 2.68. The van der Waals surface area contributed by atoms with E-state index in [9.17, 15) is 4.79 Å². The Hall–Kier alpha value is -1.51. The van der Waals surface area contributed by atoms with Gasteiger partial charge in [-0.3, -0.25) is 4.79 Å².